The van der Waals surface area contributed by atoms with Gasteiger partial charge in [0, 0.05) is 0 Å². The quantitative estimate of drug-likeness (QED) is 0.391. The van der Waals surface area contributed by atoms with Crippen LogP contribution >= 0.6 is 0 Å². The molecule has 0 saturated heterocycles. The van der Waals surface area contributed by atoms with Crippen molar-refractivity contribution in [2.45, 2.75) is 0 Å². The fraction of sp³-hybridized carbons (Fsp3) is 0. The van der Waals surface area contributed by atoms with Crippen LogP contribution in [0.4, 0.5) is 0 Å². The van der Waals surface area contributed by atoms with Crippen molar-refractivity contribution in [3.05, 3.63) is 0 Å². The number of rotatable bonds is 0. The molecule has 0 aromatic rings. The average molecular weight is 295 g/mol. The zero-order valence-corrected chi connectivity index (χ0v) is 9.59. The van der Waals surface area contributed by atoms with Gasteiger partial charge in [0.15, 0.2) is 0 Å². The van der Waals surface area contributed by atoms with E-state index in [1.165, 1.54) is 0 Å². The van der Waals surface area contributed by atoms with E-state index < -0.39 is 0 Å². The van der Waals surface area contributed by atoms with Crippen LogP contribution in [0.5, 0.6) is 0 Å². The number of hydrogen-bond acceptors (Lipinski definition) is 5. The normalized spacial score (nSPS) is 0. The molecule has 15 heteroatoms. The molecule has 104 valence electrons. The van der Waals surface area contributed by atoms with E-state index in [-0.39, 0.29) is 117 Å². The summed E-state index contributed by atoms with van der Waals surface area (Å²) in [5.74, 6) is 0. The van der Waals surface area contributed by atoms with Gasteiger partial charge in [-0.2, -0.15) is 0 Å². The van der Waals surface area contributed by atoms with Gasteiger partial charge in [-0.25, -0.2) is 0 Å². The minimum absolute atomic E-state index is 0. The summed E-state index contributed by atoms with van der Waals surface area (Å²) >= 11 is 0. The predicted octanol–water partition coefficient (Wildman–Crippen LogP) is -8.87. The molecule has 0 amide bonds. The van der Waals surface area contributed by atoms with E-state index in [1.54, 1.807) is 0 Å². The molecule has 15 heavy (non-hydrogen) atoms. The standard InChI is InChI=1S/Al.Mg.12H2O.H4Si/h;;12*1H2;1H4/q+3;+2;;;;;;;;;;;;;/p-5. The molecule has 0 unspecified atom stereocenters. The molecule has 0 aliphatic heterocycles. The van der Waals surface area contributed by atoms with Crippen molar-refractivity contribution in [3.63, 3.8) is 0 Å². The molecule has 0 atom stereocenters. The maximum absolute atomic E-state index is 0. The Morgan fingerprint density at radius 1 is 0.333 bits per heavy atom. The van der Waals surface area contributed by atoms with Crippen LogP contribution in [0, 0.1) is 0 Å². The van der Waals surface area contributed by atoms with Gasteiger partial charge in [0.2, 0.25) is 0 Å². The molecule has 0 spiro atoms. The van der Waals surface area contributed by atoms with Crippen molar-refractivity contribution < 1.29 is 65.7 Å². The summed E-state index contributed by atoms with van der Waals surface area (Å²) in [7, 11) is 0. The third kappa shape index (κ3) is 2380. The monoisotopic (exact) mass is 294 g/mol. The van der Waals surface area contributed by atoms with Gasteiger partial charge in [-0.15, -0.1) is 0 Å². The van der Waals surface area contributed by atoms with Crippen LogP contribution in [-0.2, 0) is 0 Å². The Kier molecular flexibility index (Phi) is 622000. The Hall–Kier alpha value is 1.04. The van der Waals surface area contributed by atoms with E-state index in [2.05, 4.69) is 0 Å². The topological polar surface area (TPSA) is 370 Å². The van der Waals surface area contributed by atoms with E-state index in [9.17, 15) is 0 Å². The molecule has 0 aliphatic rings. The van der Waals surface area contributed by atoms with E-state index in [0.717, 1.165) is 0 Å². The first kappa shape index (κ1) is 3380. The van der Waals surface area contributed by atoms with E-state index in [0.29, 0.717) is 0 Å². The van der Waals surface area contributed by atoms with Gasteiger partial charge in [-0.3, -0.25) is 0 Å². The van der Waals surface area contributed by atoms with Crippen LogP contribution < -0.4 is 0 Å². The first-order valence-electron chi connectivity index (χ1n) is 0. The Morgan fingerprint density at radius 3 is 0.333 bits per heavy atom. The second-order valence-corrected chi connectivity index (χ2v) is 0. The van der Waals surface area contributed by atoms with Gasteiger partial charge < -0.3 is 65.7 Å². The second-order valence-electron chi connectivity index (χ2n) is 0. The maximum atomic E-state index is 0. The van der Waals surface area contributed by atoms with Gasteiger partial charge in [0.05, 0.1) is 0 Å². The van der Waals surface area contributed by atoms with E-state index in [4.69, 9.17) is 0 Å². The molecule has 0 fully saturated rings. The van der Waals surface area contributed by atoms with Crippen LogP contribution in [0.1, 0.15) is 0 Å². The van der Waals surface area contributed by atoms with E-state index in [1.807, 2.05) is 0 Å². The molecular weight excluding hydrogens is 271 g/mol. The van der Waals surface area contributed by atoms with Crippen molar-refractivity contribution in [2.24, 2.45) is 0 Å². The molecule has 0 bridgehead atoms. The van der Waals surface area contributed by atoms with Crippen molar-refractivity contribution in [1.29, 1.82) is 0 Å². The van der Waals surface area contributed by atoms with Crippen molar-refractivity contribution >= 4 is 51.4 Å². The SMILES string of the molecule is O.O.O.O.O.O.O.[Al+3].[Mg+2].[OH-].[OH-].[OH-].[OH-].[OH-].[SiH4]. The Balaban J connectivity index is 0. The first-order chi connectivity index (χ1) is 0. The Bertz CT molecular complexity index is 15.6. The summed E-state index contributed by atoms with van der Waals surface area (Å²) < 4.78 is 0. The van der Waals surface area contributed by atoms with Crippen LogP contribution in [0.15, 0.2) is 0 Å². The minimum Gasteiger partial charge on any atom is -0.870 e. The van der Waals surface area contributed by atoms with Crippen LogP contribution in [-0.4, -0.2) is 117 Å². The molecule has 12 nitrogen and oxygen atoms in total. The average Bonchev–Trinajstić information content (AvgIpc) is 0. The number of hydrogen-bond donors (Lipinski definition) is 0. The Morgan fingerprint density at radius 2 is 0.333 bits per heavy atom. The molecule has 0 heterocycles. The van der Waals surface area contributed by atoms with Gasteiger partial charge in [0.25, 0.3) is 0 Å². The first-order valence-corrected chi connectivity index (χ1v) is 0. The molecule has 0 aromatic heterocycles. The molecule has 0 radical (unpaired) electrons. The van der Waals surface area contributed by atoms with Crippen LogP contribution in [0.3, 0.4) is 0 Å². The van der Waals surface area contributed by atoms with E-state index >= 15 is 0 Å². The van der Waals surface area contributed by atoms with Crippen LogP contribution in [0.25, 0.3) is 0 Å². The zero-order valence-electron chi connectivity index (χ0n) is 7.02. The molecule has 0 rings (SSSR count). The summed E-state index contributed by atoms with van der Waals surface area (Å²) in [6.07, 6.45) is 0. The minimum atomic E-state index is 0. The third-order valence-electron chi connectivity index (χ3n) is 0. The van der Waals surface area contributed by atoms with Crippen molar-refractivity contribution in [2.75, 3.05) is 0 Å². The third-order valence-corrected chi connectivity index (χ3v) is 0. The smallest absolute Gasteiger partial charge is 0.870 e. The van der Waals surface area contributed by atoms with Crippen LogP contribution in [0.2, 0.25) is 0 Å². The second kappa shape index (κ2) is 2760. The maximum Gasteiger partial charge on any atom is 3.00 e. The Labute approximate surface area is 117 Å². The van der Waals surface area contributed by atoms with Gasteiger partial charge in [-0.05, 0) is 11.0 Å². The molecule has 0 saturated carbocycles. The fourth-order valence-electron chi connectivity index (χ4n) is 0. The fourth-order valence-corrected chi connectivity index (χ4v) is 0. The molecule has 19 N–H and O–H groups in total. The largest absolute Gasteiger partial charge is 3.00 e. The summed E-state index contributed by atoms with van der Waals surface area (Å²) in [5.41, 5.74) is 0. The molecular formula is H23AlMgO12Si. The summed E-state index contributed by atoms with van der Waals surface area (Å²) in [6, 6.07) is 0. The van der Waals surface area contributed by atoms with Crippen molar-refractivity contribution in [3.8, 4) is 0 Å². The van der Waals surface area contributed by atoms with Gasteiger partial charge in [-0.1, -0.05) is 0 Å². The molecule has 0 aromatic carbocycles. The zero-order chi connectivity index (χ0) is 0. The van der Waals surface area contributed by atoms with Crippen molar-refractivity contribution in [1.82, 2.24) is 0 Å². The summed E-state index contributed by atoms with van der Waals surface area (Å²) in [5, 5.41) is 0. The molecule has 0 aliphatic carbocycles. The van der Waals surface area contributed by atoms with Gasteiger partial charge >= 0.3 is 40.4 Å². The predicted molar refractivity (Wildman–Crippen MR) is 57.8 cm³/mol. The van der Waals surface area contributed by atoms with Gasteiger partial charge in [0.1, 0.15) is 0 Å². The summed E-state index contributed by atoms with van der Waals surface area (Å²) in [4.78, 5) is 0. The summed E-state index contributed by atoms with van der Waals surface area (Å²) in [6.45, 7) is 0.